The van der Waals surface area contributed by atoms with E-state index < -0.39 is 35.2 Å². The Bertz CT molecular complexity index is 965. The van der Waals surface area contributed by atoms with Gasteiger partial charge in [-0.1, -0.05) is 11.6 Å². The van der Waals surface area contributed by atoms with Gasteiger partial charge in [-0.2, -0.15) is 0 Å². The van der Waals surface area contributed by atoms with Gasteiger partial charge in [-0.15, -0.1) is 23.1 Å². The number of nitrogens with zero attached hydrogens (tertiary/aromatic N) is 2. The van der Waals surface area contributed by atoms with E-state index in [4.69, 9.17) is 22.1 Å². The van der Waals surface area contributed by atoms with Crippen LogP contribution in [0.1, 0.15) is 12.6 Å². The molecule has 2 atom stereocenters. The number of amides is 2. The molecule has 2 aliphatic heterocycles. The summed E-state index contributed by atoms with van der Waals surface area (Å²) < 4.78 is 4.85. The molecule has 1 aromatic rings. The fourth-order valence-electron chi connectivity index (χ4n) is 2.82. The molecule has 3 N–H and O–H groups in total. The minimum atomic E-state index is -1.56. The van der Waals surface area contributed by atoms with Gasteiger partial charge >= 0.3 is 35.5 Å². The monoisotopic (exact) mass is 480 g/mol. The number of thioether (sulfide) groups is 1. The van der Waals surface area contributed by atoms with Crippen molar-refractivity contribution in [2.75, 3.05) is 18.1 Å². The van der Waals surface area contributed by atoms with Gasteiger partial charge in [0.05, 0.1) is 22.9 Å². The van der Waals surface area contributed by atoms with Crippen LogP contribution in [0.15, 0.2) is 22.2 Å². The molecule has 0 saturated carbocycles. The van der Waals surface area contributed by atoms with E-state index in [1.807, 2.05) is 0 Å². The molecule has 0 radical (unpaired) electrons. The number of β-lactam (4-membered cyclic amide) rings is 1. The number of carboxylic acid groups (broad SMARTS) is 1. The molecule has 1 unspecified atom stereocenters. The van der Waals surface area contributed by atoms with E-state index in [0.29, 0.717) is 0 Å². The van der Waals surface area contributed by atoms with Gasteiger partial charge in [-0.25, -0.2) is 4.98 Å². The molecular weight excluding hydrogens is 467 g/mol. The minimum absolute atomic E-state index is 0. The molecule has 3 rings (SSSR count). The number of fused-ring (bicyclic) bond motifs is 1. The summed E-state index contributed by atoms with van der Waals surface area (Å²) in [5, 5.41) is 15.3. The van der Waals surface area contributed by atoms with E-state index in [-0.39, 0.29) is 69.6 Å². The molecule has 1 saturated heterocycles. The number of carbonyl (C=O) groups excluding carboxylic acids is 4. The summed E-state index contributed by atoms with van der Waals surface area (Å²) in [6, 6.07) is -0.959. The van der Waals surface area contributed by atoms with Gasteiger partial charge in [0.2, 0.25) is 0 Å². The van der Waals surface area contributed by atoms with Gasteiger partial charge in [0, 0.05) is 29.2 Å². The first-order valence-corrected chi connectivity index (χ1v) is 10.4. The molecule has 2 aliphatic rings. The maximum Gasteiger partial charge on any atom is 1.00 e. The number of ether oxygens (including phenoxy) is 1. The Morgan fingerprint density at radius 3 is 2.73 bits per heavy atom. The zero-order valence-electron chi connectivity index (χ0n) is 15.8. The van der Waals surface area contributed by atoms with Crippen molar-refractivity contribution in [1.29, 1.82) is 0 Å². The Labute approximate surface area is 206 Å². The summed E-state index contributed by atoms with van der Waals surface area (Å²) in [7, 11) is 0. The van der Waals surface area contributed by atoms with Crippen molar-refractivity contribution in [3.05, 3.63) is 27.9 Å². The Morgan fingerprint density at radius 2 is 2.20 bits per heavy atom. The number of nitrogen functional groups attached to an aromatic ring is 1. The van der Waals surface area contributed by atoms with Crippen LogP contribution in [0.4, 0.5) is 5.13 Å². The Kier molecular flexibility index (Phi) is 8.36. The van der Waals surface area contributed by atoms with Crippen LogP contribution in [-0.2, 0) is 23.9 Å². The van der Waals surface area contributed by atoms with Crippen LogP contribution < -0.4 is 45.7 Å². The Hall–Kier alpha value is -1.57. The third-order valence-electron chi connectivity index (χ3n) is 4.13. The third-order valence-corrected chi connectivity index (χ3v) is 6.36. The van der Waals surface area contributed by atoms with Crippen LogP contribution in [0, 0.1) is 0 Å². The maximum atomic E-state index is 12.6. The first-order valence-electron chi connectivity index (χ1n) is 8.08. The number of anilines is 1. The van der Waals surface area contributed by atoms with Crippen LogP contribution in [-0.4, -0.2) is 57.4 Å². The maximum absolute atomic E-state index is 12.6. The number of nitrogens with two attached hydrogens (primary N) is 1. The predicted molar refractivity (Wildman–Crippen MR) is 104 cm³/mol. The first kappa shape index (κ1) is 24.7. The number of carboxylic acids is 1. The minimum Gasteiger partial charge on any atom is -0.543 e. The summed E-state index contributed by atoms with van der Waals surface area (Å²) >= 11 is 8.09. The zero-order chi connectivity index (χ0) is 21.3. The van der Waals surface area contributed by atoms with Crippen molar-refractivity contribution < 1.29 is 58.6 Å². The SMILES string of the molecule is CC(=O)OCC1=C(C(=O)[O-])N2C(=O)C(NC(=O)C(=CCl)c3csc(N)n3)[C@H]2SC1.[Na+]. The topological polar surface area (TPSA) is 155 Å². The fourth-order valence-corrected chi connectivity index (χ4v) is 4.92. The molecule has 1 fully saturated rings. The second kappa shape index (κ2) is 10.2. The van der Waals surface area contributed by atoms with Crippen LogP contribution >= 0.6 is 34.7 Å². The standard InChI is InChI=1S/C16H15ClN4O6S2.Na/c1-6(22)27-3-7-4-28-14-10(13(24)21(14)11(7)15(25)26)20-12(23)8(2-17)9-5-29-16(18)19-9;/h2,5,10,14H,3-4H2,1H3,(H2,18,19)(H,20,23)(H,25,26);/q;+1/p-1/t10?,14-;/m1./s1. The number of aliphatic carboxylic acids is 1. The van der Waals surface area contributed by atoms with E-state index >= 15 is 0 Å². The van der Waals surface area contributed by atoms with Crippen LogP contribution in [0.3, 0.4) is 0 Å². The average Bonchev–Trinajstić information content (AvgIpc) is 3.09. The number of aromatic nitrogens is 1. The zero-order valence-corrected chi connectivity index (χ0v) is 20.2. The van der Waals surface area contributed by atoms with Gasteiger partial charge in [-0.3, -0.25) is 19.3 Å². The Balaban J connectivity index is 0.00000320. The second-order valence-electron chi connectivity index (χ2n) is 5.97. The van der Waals surface area contributed by atoms with Crippen molar-refractivity contribution in [1.82, 2.24) is 15.2 Å². The van der Waals surface area contributed by atoms with Crippen molar-refractivity contribution in [2.24, 2.45) is 0 Å². The van der Waals surface area contributed by atoms with Crippen molar-refractivity contribution in [3.8, 4) is 0 Å². The van der Waals surface area contributed by atoms with Crippen molar-refractivity contribution in [2.45, 2.75) is 18.3 Å². The predicted octanol–water partition coefficient (Wildman–Crippen LogP) is -3.72. The quantitative estimate of drug-likeness (QED) is 0.181. The normalized spacial score (nSPS) is 20.7. The number of nitrogens with one attached hydrogen (secondary N) is 1. The van der Waals surface area contributed by atoms with Crippen molar-refractivity contribution in [3.63, 3.8) is 0 Å². The smallest absolute Gasteiger partial charge is 0.543 e. The summed E-state index contributed by atoms with van der Waals surface area (Å²) in [6.07, 6.45) is 0. The van der Waals surface area contributed by atoms with E-state index in [1.54, 1.807) is 5.38 Å². The van der Waals surface area contributed by atoms with Crippen LogP contribution in [0.5, 0.6) is 0 Å². The van der Waals surface area contributed by atoms with E-state index in [2.05, 4.69) is 10.3 Å². The number of rotatable bonds is 6. The molecule has 0 aromatic carbocycles. The number of halogens is 1. The largest absolute Gasteiger partial charge is 1.00 e. The number of carbonyl (C=O) groups is 4. The van der Waals surface area contributed by atoms with E-state index in [0.717, 1.165) is 21.8 Å². The van der Waals surface area contributed by atoms with E-state index in [1.165, 1.54) is 18.7 Å². The van der Waals surface area contributed by atoms with Crippen LogP contribution in [0.25, 0.3) is 5.57 Å². The van der Waals surface area contributed by atoms with Gasteiger partial charge in [0.1, 0.15) is 18.0 Å². The molecule has 1 aromatic heterocycles. The third kappa shape index (κ3) is 4.84. The Morgan fingerprint density at radius 1 is 1.50 bits per heavy atom. The molecule has 0 bridgehead atoms. The summed E-state index contributed by atoms with van der Waals surface area (Å²) in [6.45, 7) is 0.930. The number of hydrogen-bond donors (Lipinski definition) is 2. The first-order chi connectivity index (χ1) is 13.7. The van der Waals surface area contributed by atoms with Crippen molar-refractivity contribution >= 4 is 69.2 Å². The summed E-state index contributed by atoms with van der Waals surface area (Å²) in [5.41, 5.74) is 6.79. The van der Waals surface area contributed by atoms with Crippen LogP contribution in [0.2, 0.25) is 0 Å². The summed E-state index contributed by atoms with van der Waals surface area (Å²) in [4.78, 5) is 52.7. The molecule has 14 heteroatoms. The van der Waals surface area contributed by atoms with Gasteiger partial charge in [-0.05, 0) is 0 Å². The molecule has 2 amide bonds. The fraction of sp³-hybridized carbons (Fsp3) is 0.312. The number of hydrogen-bond acceptors (Lipinski definition) is 10. The molecular formula is C16H14ClN4NaO6S2. The molecule has 30 heavy (non-hydrogen) atoms. The molecule has 3 heterocycles. The second-order valence-corrected chi connectivity index (χ2v) is 8.19. The number of esters is 1. The van der Waals surface area contributed by atoms with Gasteiger partial charge in [0.25, 0.3) is 11.8 Å². The van der Waals surface area contributed by atoms with Gasteiger partial charge < -0.3 is 25.7 Å². The molecule has 0 aliphatic carbocycles. The average molecular weight is 481 g/mol. The molecule has 154 valence electrons. The number of thiazole rings is 1. The summed E-state index contributed by atoms with van der Waals surface area (Å²) in [5.74, 6) is -3.21. The van der Waals surface area contributed by atoms with E-state index in [9.17, 15) is 24.3 Å². The molecule has 10 nitrogen and oxygen atoms in total. The van der Waals surface area contributed by atoms with Gasteiger partial charge in [0.15, 0.2) is 5.13 Å². The molecule has 0 spiro atoms.